The van der Waals surface area contributed by atoms with Crippen molar-refractivity contribution in [2.45, 2.75) is 43.0 Å². The Balaban J connectivity index is 2.43. The first-order valence-electron chi connectivity index (χ1n) is 7.34. The predicted octanol–water partition coefficient (Wildman–Crippen LogP) is 1.91. The summed E-state index contributed by atoms with van der Waals surface area (Å²) in [6.07, 6.45) is 4.37. The number of nitrogens with zero attached hydrogens (tertiary/aromatic N) is 2. The van der Waals surface area contributed by atoms with Gasteiger partial charge in [-0.05, 0) is 18.9 Å². The van der Waals surface area contributed by atoms with Crippen molar-refractivity contribution < 1.29 is 18.4 Å². The van der Waals surface area contributed by atoms with Crippen LogP contribution in [0, 0.1) is 10.1 Å². The summed E-state index contributed by atoms with van der Waals surface area (Å²) < 4.78 is 26.9. The topological polar surface area (TPSA) is 101 Å². The van der Waals surface area contributed by atoms with Crippen molar-refractivity contribution >= 4 is 15.7 Å². The summed E-state index contributed by atoms with van der Waals surface area (Å²) in [7, 11) is -4.01. The second-order valence-corrected chi connectivity index (χ2v) is 7.22. The second-order valence-electron chi connectivity index (χ2n) is 5.36. The molecule has 1 aliphatic carbocycles. The average Bonchev–Trinajstić information content (AvgIpc) is 2.53. The lowest BCUT2D eigenvalue weighted by atomic mass is 9.95. The van der Waals surface area contributed by atoms with E-state index in [0.717, 1.165) is 32.1 Å². The highest BCUT2D eigenvalue weighted by atomic mass is 32.2. The van der Waals surface area contributed by atoms with E-state index in [0.29, 0.717) is 0 Å². The number of rotatable bonds is 6. The predicted molar refractivity (Wildman–Crippen MR) is 80.9 cm³/mol. The van der Waals surface area contributed by atoms with Gasteiger partial charge in [0, 0.05) is 18.7 Å². The third-order valence-corrected chi connectivity index (χ3v) is 5.95. The minimum absolute atomic E-state index is 0.0426. The Morgan fingerprint density at radius 1 is 1.23 bits per heavy atom. The Kier molecular flexibility index (Phi) is 5.49. The molecule has 1 saturated carbocycles. The second kappa shape index (κ2) is 7.17. The monoisotopic (exact) mass is 328 g/mol. The van der Waals surface area contributed by atoms with E-state index in [4.69, 9.17) is 0 Å². The van der Waals surface area contributed by atoms with Gasteiger partial charge >= 0.3 is 0 Å². The maximum atomic E-state index is 12.9. The van der Waals surface area contributed by atoms with Crippen LogP contribution in [0.3, 0.4) is 0 Å². The van der Waals surface area contributed by atoms with Crippen LogP contribution in [0.15, 0.2) is 29.2 Å². The molecule has 0 amide bonds. The molecular weight excluding hydrogens is 308 g/mol. The molecule has 7 nitrogen and oxygen atoms in total. The number of nitro groups is 1. The van der Waals surface area contributed by atoms with E-state index in [2.05, 4.69) is 0 Å². The molecule has 0 unspecified atom stereocenters. The van der Waals surface area contributed by atoms with Crippen molar-refractivity contribution in [3.8, 4) is 0 Å². The molecule has 0 aliphatic heterocycles. The molecular formula is C14H20N2O5S. The number of sulfonamides is 1. The molecule has 0 heterocycles. The van der Waals surface area contributed by atoms with Gasteiger partial charge in [-0.3, -0.25) is 10.1 Å². The van der Waals surface area contributed by atoms with Gasteiger partial charge in [0.15, 0.2) is 4.90 Å². The van der Waals surface area contributed by atoms with Gasteiger partial charge in [-0.25, -0.2) is 8.42 Å². The van der Waals surface area contributed by atoms with Gasteiger partial charge < -0.3 is 5.11 Å². The maximum absolute atomic E-state index is 12.9. The summed E-state index contributed by atoms with van der Waals surface area (Å²) in [5.41, 5.74) is -0.429. The Morgan fingerprint density at radius 3 is 2.45 bits per heavy atom. The van der Waals surface area contributed by atoms with Crippen molar-refractivity contribution in [3.05, 3.63) is 34.4 Å². The van der Waals surface area contributed by atoms with E-state index < -0.39 is 20.6 Å². The molecule has 8 heteroatoms. The number of aliphatic hydroxyl groups is 1. The third kappa shape index (κ3) is 3.45. The first-order valence-corrected chi connectivity index (χ1v) is 8.78. The number of para-hydroxylation sites is 1. The van der Waals surface area contributed by atoms with Crippen molar-refractivity contribution in [2.75, 3.05) is 13.2 Å². The molecule has 0 aromatic heterocycles. The summed E-state index contributed by atoms with van der Waals surface area (Å²) in [6.45, 7) is -0.352. The zero-order valence-electron chi connectivity index (χ0n) is 12.2. The zero-order chi connectivity index (χ0) is 16.2. The van der Waals surface area contributed by atoms with Crippen LogP contribution in [-0.4, -0.2) is 41.9 Å². The molecule has 122 valence electrons. The highest BCUT2D eigenvalue weighted by Gasteiger charge is 2.35. The van der Waals surface area contributed by atoms with Gasteiger partial charge in [-0.15, -0.1) is 0 Å². The van der Waals surface area contributed by atoms with Crippen LogP contribution in [0.2, 0.25) is 0 Å². The van der Waals surface area contributed by atoms with Crippen LogP contribution in [0.5, 0.6) is 0 Å². The number of hydrogen-bond acceptors (Lipinski definition) is 5. The minimum atomic E-state index is -4.01. The molecule has 2 rings (SSSR count). The Morgan fingerprint density at radius 2 is 1.86 bits per heavy atom. The van der Waals surface area contributed by atoms with Crippen molar-refractivity contribution in [1.29, 1.82) is 0 Å². The lowest BCUT2D eigenvalue weighted by Crippen LogP contribution is -2.43. The van der Waals surface area contributed by atoms with E-state index in [-0.39, 0.29) is 24.1 Å². The fourth-order valence-electron chi connectivity index (χ4n) is 2.92. The lowest BCUT2D eigenvalue weighted by Gasteiger charge is -2.32. The van der Waals surface area contributed by atoms with Gasteiger partial charge in [0.2, 0.25) is 10.0 Å². The number of aliphatic hydroxyl groups excluding tert-OH is 1. The SMILES string of the molecule is O=[N+]([O-])c1ccccc1S(=O)(=O)N(CCO)C1CCCCC1. The van der Waals surface area contributed by atoms with Gasteiger partial charge in [-0.1, -0.05) is 31.4 Å². The summed E-state index contributed by atoms with van der Waals surface area (Å²) in [5.74, 6) is 0. The van der Waals surface area contributed by atoms with Crippen LogP contribution in [-0.2, 0) is 10.0 Å². The normalized spacial score (nSPS) is 16.8. The summed E-state index contributed by atoms with van der Waals surface area (Å²) in [5, 5.41) is 20.3. The van der Waals surface area contributed by atoms with Crippen LogP contribution in [0.25, 0.3) is 0 Å². The van der Waals surface area contributed by atoms with E-state index in [1.807, 2.05) is 0 Å². The number of nitro benzene ring substituents is 1. The number of benzene rings is 1. The third-order valence-electron chi connectivity index (χ3n) is 3.95. The van der Waals surface area contributed by atoms with E-state index >= 15 is 0 Å². The zero-order valence-corrected chi connectivity index (χ0v) is 13.0. The smallest absolute Gasteiger partial charge is 0.289 e. The largest absolute Gasteiger partial charge is 0.395 e. The molecule has 1 aromatic carbocycles. The number of hydrogen-bond donors (Lipinski definition) is 1. The standard InChI is InChI=1S/C14H20N2O5S/c17-11-10-15(12-6-2-1-3-7-12)22(20,21)14-9-5-4-8-13(14)16(18)19/h4-5,8-9,12,17H,1-3,6-7,10-11H2. The summed E-state index contributed by atoms with van der Waals surface area (Å²) >= 11 is 0. The van der Waals surface area contributed by atoms with Gasteiger partial charge in [0.1, 0.15) is 0 Å². The maximum Gasteiger partial charge on any atom is 0.289 e. The quantitative estimate of drug-likeness (QED) is 0.635. The molecule has 0 spiro atoms. The van der Waals surface area contributed by atoms with Gasteiger partial charge in [-0.2, -0.15) is 4.31 Å². The Labute approximate surface area is 129 Å². The van der Waals surface area contributed by atoms with Gasteiger partial charge in [0.25, 0.3) is 5.69 Å². The Hall–Kier alpha value is -1.51. The molecule has 1 fully saturated rings. The van der Waals surface area contributed by atoms with E-state index in [1.165, 1.54) is 28.6 Å². The van der Waals surface area contributed by atoms with E-state index in [9.17, 15) is 23.6 Å². The Bertz CT molecular complexity index is 626. The van der Waals surface area contributed by atoms with Crippen molar-refractivity contribution in [2.24, 2.45) is 0 Å². The van der Waals surface area contributed by atoms with Crippen molar-refractivity contribution in [3.63, 3.8) is 0 Å². The van der Waals surface area contributed by atoms with Crippen LogP contribution < -0.4 is 0 Å². The van der Waals surface area contributed by atoms with Crippen LogP contribution in [0.4, 0.5) is 5.69 Å². The fourth-order valence-corrected chi connectivity index (χ4v) is 4.75. The summed E-state index contributed by atoms with van der Waals surface area (Å²) in [4.78, 5) is 10.1. The molecule has 22 heavy (non-hydrogen) atoms. The average molecular weight is 328 g/mol. The summed E-state index contributed by atoms with van der Waals surface area (Å²) in [6, 6.07) is 5.14. The molecule has 0 bridgehead atoms. The molecule has 1 aliphatic rings. The molecule has 0 atom stereocenters. The van der Waals surface area contributed by atoms with E-state index in [1.54, 1.807) is 0 Å². The molecule has 1 aromatic rings. The molecule has 1 N–H and O–H groups in total. The van der Waals surface area contributed by atoms with Crippen molar-refractivity contribution in [1.82, 2.24) is 4.31 Å². The first-order chi connectivity index (χ1) is 10.5. The highest BCUT2D eigenvalue weighted by Crippen LogP contribution is 2.31. The highest BCUT2D eigenvalue weighted by molar-refractivity contribution is 7.89. The van der Waals surface area contributed by atoms with Crippen LogP contribution >= 0.6 is 0 Å². The molecule has 0 radical (unpaired) electrons. The van der Waals surface area contributed by atoms with Crippen LogP contribution in [0.1, 0.15) is 32.1 Å². The first kappa shape index (κ1) is 16.9. The molecule has 0 saturated heterocycles. The van der Waals surface area contributed by atoms with Gasteiger partial charge in [0.05, 0.1) is 11.5 Å². The minimum Gasteiger partial charge on any atom is -0.395 e. The lowest BCUT2D eigenvalue weighted by molar-refractivity contribution is -0.387. The fraction of sp³-hybridized carbons (Fsp3) is 0.571.